The van der Waals surface area contributed by atoms with Crippen LogP contribution < -0.4 is 15.4 Å². The van der Waals surface area contributed by atoms with Crippen molar-refractivity contribution in [3.63, 3.8) is 0 Å². The van der Waals surface area contributed by atoms with E-state index in [0.717, 1.165) is 63.9 Å². The van der Waals surface area contributed by atoms with Gasteiger partial charge >= 0.3 is 0 Å². The highest BCUT2D eigenvalue weighted by atomic mass is 16.5. The number of para-hydroxylation sites is 1. The lowest BCUT2D eigenvalue weighted by molar-refractivity contribution is 0.239. The first kappa shape index (κ1) is 22.5. The van der Waals surface area contributed by atoms with Gasteiger partial charge < -0.3 is 20.3 Å². The summed E-state index contributed by atoms with van der Waals surface area (Å²) in [7, 11) is 3.59. The van der Waals surface area contributed by atoms with Gasteiger partial charge in [0.15, 0.2) is 5.96 Å². The quantitative estimate of drug-likeness (QED) is 0.346. The van der Waals surface area contributed by atoms with E-state index in [-0.39, 0.29) is 6.04 Å². The number of likely N-dealkylation sites (tertiary alicyclic amines) is 1. The molecular weight excluding hydrogens is 350 g/mol. The van der Waals surface area contributed by atoms with Gasteiger partial charge in [-0.05, 0) is 58.1 Å². The van der Waals surface area contributed by atoms with E-state index in [1.807, 2.05) is 13.1 Å². The van der Waals surface area contributed by atoms with Gasteiger partial charge in [-0.25, -0.2) is 0 Å². The second-order valence-corrected chi connectivity index (χ2v) is 7.26. The summed E-state index contributed by atoms with van der Waals surface area (Å²) in [6.07, 6.45) is 3.65. The van der Waals surface area contributed by atoms with Crippen molar-refractivity contribution in [2.24, 2.45) is 4.99 Å². The summed E-state index contributed by atoms with van der Waals surface area (Å²) in [6.45, 7) is 11.8. The van der Waals surface area contributed by atoms with Gasteiger partial charge in [0.25, 0.3) is 0 Å². The highest BCUT2D eigenvalue weighted by Gasteiger charge is 2.25. The molecule has 0 bridgehead atoms. The molecule has 6 heteroatoms. The van der Waals surface area contributed by atoms with E-state index in [0.29, 0.717) is 0 Å². The summed E-state index contributed by atoms with van der Waals surface area (Å²) < 4.78 is 5.64. The summed E-state index contributed by atoms with van der Waals surface area (Å²) in [5.74, 6) is 1.84. The molecule has 6 nitrogen and oxygen atoms in total. The van der Waals surface area contributed by atoms with Crippen LogP contribution in [0.1, 0.15) is 44.7 Å². The molecule has 0 saturated carbocycles. The minimum atomic E-state index is 0.285. The standard InChI is InChI=1S/C22H39N5O/c1-5-26(6-2)15-11-14-24-22(23-3)25-18-20(27-16-9-10-17-27)19-12-7-8-13-21(19)28-4/h7-8,12-13,20H,5-6,9-11,14-18H2,1-4H3,(H2,23,24,25). The number of nitrogens with zero attached hydrogens (tertiary/aromatic N) is 3. The highest BCUT2D eigenvalue weighted by molar-refractivity contribution is 5.79. The first-order valence-corrected chi connectivity index (χ1v) is 10.8. The van der Waals surface area contributed by atoms with Gasteiger partial charge in [-0.3, -0.25) is 9.89 Å². The Kier molecular flexibility index (Phi) is 10.1. The number of methoxy groups -OCH3 is 1. The van der Waals surface area contributed by atoms with E-state index in [1.54, 1.807) is 7.11 Å². The molecule has 1 unspecified atom stereocenters. The van der Waals surface area contributed by atoms with Gasteiger partial charge in [-0.2, -0.15) is 0 Å². The monoisotopic (exact) mass is 389 g/mol. The van der Waals surface area contributed by atoms with Gasteiger partial charge in [0, 0.05) is 25.7 Å². The molecular formula is C22H39N5O. The zero-order valence-electron chi connectivity index (χ0n) is 18.2. The number of nitrogens with one attached hydrogen (secondary N) is 2. The molecule has 1 atom stereocenters. The van der Waals surface area contributed by atoms with Gasteiger partial charge in [0.2, 0.25) is 0 Å². The van der Waals surface area contributed by atoms with Crippen molar-refractivity contribution < 1.29 is 4.74 Å². The number of guanidine groups is 1. The zero-order valence-corrected chi connectivity index (χ0v) is 18.2. The Bertz CT molecular complexity index is 582. The molecule has 158 valence electrons. The van der Waals surface area contributed by atoms with Gasteiger partial charge in [0.05, 0.1) is 13.2 Å². The van der Waals surface area contributed by atoms with Crippen LogP contribution in [0.4, 0.5) is 0 Å². The predicted octanol–water partition coefficient (Wildman–Crippen LogP) is 2.73. The lowest BCUT2D eigenvalue weighted by atomic mass is 10.0. The fourth-order valence-corrected chi connectivity index (χ4v) is 3.89. The molecule has 28 heavy (non-hydrogen) atoms. The third kappa shape index (κ3) is 6.67. The van der Waals surface area contributed by atoms with Crippen LogP contribution in [-0.4, -0.2) is 75.7 Å². The Morgan fingerprint density at radius 3 is 2.54 bits per heavy atom. The summed E-state index contributed by atoms with van der Waals surface area (Å²) in [4.78, 5) is 9.41. The maximum Gasteiger partial charge on any atom is 0.191 e. The fraction of sp³-hybridized carbons (Fsp3) is 0.682. The van der Waals surface area contributed by atoms with Gasteiger partial charge in [0.1, 0.15) is 5.75 Å². The molecule has 0 aliphatic carbocycles. The van der Waals surface area contributed by atoms with Crippen LogP contribution >= 0.6 is 0 Å². The largest absolute Gasteiger partial charge is 0.496 e. The number of hydrogen-bond donors (Lipinski definition) is 2. The molecule has 1 fully saturated rings. The Balaban J connectivity index is 1.92. The third-order valence-corrected chi connectivity index (χ3v) is 5.60. The molecule has 0 aromatic heterocycles. The van der Waals surface area contributed by atoms with Crippen molar-refractivity contribution >= 4 is 5.96 Å². The van der Waals surface area contributed by atoms with E-state index in [2.05, 4.69) is 57.5 Å². The van der Waals surface area contributed by atoms with Crippen molar-refractivity contribution in [1.82, 2.24) is 20.4 Å². The molecule has 2 N–H and O–H groups in total. The van der Waals surface area contributed by atoms with Crippen LogP contribution in [0, 0.1) is 0 Å². The topological polar surface area (TPSA) is 52.1 Å². The summed E-state index contributed by atoms with van der Waals surface area (Å²) in [5.41, 5.74) is 1.25. The Morgan fingerprint density at radius 2 is 1.89 bits per heavy atom. The average molecular weight is 390 g/mol. The molecule has 0 radical (unpaired) electrons. The van der Waals surface area contributed by atoms with E-state index >= 15 is 0 Å². The number of benzene rings is 1. The van der Waals surface area contributed by atoms with Crippen molar-refractivity contribution in [1.29, 1.82) is 0 Å². The van der Waals surface area contributed by atoms with E-state index in [9.17, 15) is 0 Å². The van der Waals surface area contributed by atoms with Crippen LogP contribution in [0.15, 0.2) is 29.3 Å². The molecule has 1 heterocycles. The molecule has 2 rings (SSSR count). The molecule has 0 amide bonds. The minimum Gasteiger partial charge on any atom is -0.496 e. The van der Waals surface area contributed by atoms with Crippen molar-refractivity contribution in [3.8, 4) is 5.75 Å². The predicted molar refractivity (Wildman–Crippen MR) is 118 cm³/mol. The lowest BCUT2D eigenvalue weighted by Gasteiger charge is -2.30. The van der Waals surface area contributed by atoms with Crippen molar-refractivity contribution in [3.05, 3.63) is 29.8 Å². The summed E-state index contributed by atoms with van der Waals surface area (Å²) in [5, 5.41) is 7.00. The van der Waals surface area contributed by atoms with E-state index in [4.69, 9.17) is 4.74 Å². The number of rotatable bonds is 11. The minimum absolute atomic E-state index is 0.285. The number of aliphatic imine (C=N–C) groups is 1. The van der Waals surface area contributed by atoms with E-state index in [1.165, 1.54) is 18.4 Å². The van der Waals surface area contributed by atoms with E-state index < -0.39 is 0 Å². The lowest BCUT2D eigenvalue weighted by Crippen LogP contribution is -2.43. The summed E-state index contributed by atoms with van der Waals surface area (Å²) >= 11 is 0. The SMILES string of the molecule is CCN(CC)CCCNC(=NC)NCC(c1ccccc1OC)N1CCCC1. The third-order valence-electron chi connectivity index (χ3n) is 5.60. The van der Waals surface area contributed by atoms with Crippen LogP contribution in [-0.2, 0) is 0 Å². The fourth-order valence-electron chi connectivity index (χ4n) is 3.89. The van der Waals surface area contributed by atoms with Gasteiger partial charge in [-0.15, -0.1) is 0 Å². The molecule has 1 aliphatic rings. The maximum atomic E-state index is 5.64. The van der Waals surface area contributed by atoms with Crippen LogP contribution in [0.25, 0.3) is 0 Å². The van der Waals surface area contributed by atoms with Crippen LogP contribution in [0.3, 0.4) is 0 Å². The van der Waals surface area contributed by atoms with Gasteiger partial charge in [-0.1, -0.05) is 32.0 Å². The highest BCUT2D eigenvalue weighted by Crippen LogP contribution is 2.31. The summed E-state index contributed by atoms with van der Waals surface area (Å²) in [6, 6.07) is 8.66. The van der Waals surface area contributed by atoms with Crippen molar-refractivity contribution in [2.75, 3.05) is 60.0 Å². The maximum absolute atomic E-state index is 5.64. The first-order valence-electron chi connectivity index (χ1n) is 10.8. The molecule has 1 aromatic carbocycles. The zero-order chi connectivity index (χ0) is 20.2. The molecule has 1 aliphatic heterocycles. The average Bonchev–Trinajstić information content (AvgIpc) is 3.27. The Labute approximate surface area is 171 Å². The van der Waals surface area contributed by atoms with Crippen molar-refractivity contribution in [2.45, 2.75) is 39.2 Å². The molecule has 0 spiro atoms. The van der Waals surface area contributed by atoms with Crippen LogP contribution in [0.2, 0.25) is 0 Å². The Morgan fingerprint density at radius 1 is 1.18 bits per heavy atom. The second-order valence-electron chi connectivity index (χ2n) is 7.26. The Hall–Kier alpha value is -1.79. The number of ether oxygens (including phenoxy) is 1. The number of hydrogen-bond acceptors (Lipinski definition) is 4. The normalized spacial score (nSPS) is 16.4. The second kappa shape index (κ2) is 12.6. The smallest absolute Gasteiger partial charge is 0.191 e. The molecule has 1 aromatic rings. The molecule has 1 saturated heterocycles. The first-order chi connectivity index (χ1) is 13.7. The van der Waals surface area contributed by atoms with Crippen LogP contribution in [0.5, 0.6) is 5.75 Å².